The molecule has 8 heteroatoms. The van der Waals surface area contributed by atoms with E-state index < -0.39 is 11.9 Å². The molecule has 0 saturated carbocycles. The summed E-state index contributed by atoms with van der Waals surface area (Å²) in [4.78, 5) is 38.4. The number of hydrogen-bond donors (Lipinski definition) is 4. The van der Waals surface area contributed by atoms with E-state index in [0.717, 1.165) is 11.1 Å². The lowest BCUT2D eigenvalue weighted by atomic mass is 10.1. The summed E-state index contributed by atoms with van der Waals surface area (Å²) in [5, 5.41) is 9.21. The maximum Gasteiger partial charge on any atom is 0.335 e. The smallest absolute Gasteiger partial charge is 0.335 e. The van der Waals surface area contributed by atoms with Gasteiger partial charge in [-0.2, -0.15) is 0 Å². The quantitative estimate of drug-likeness (QED) is 0.367. The number of carboxylic acids is 1. The van der Waals surface area contributed by atoms with Gasteiger partial charge in [0.05, 0.1) is 27.6 Å². The molecule has 0 atom stereocenters. The van der Waals surface area contributed by atoms with E-state index in [4.69, 9.17) is 5.73 Å². The van der Waals surface area contributed by atoms with Gasteiger partial charge in [-0.25, -0.2) is 14.8 Å². The predicted molar refractivity (Wildman–Crippen MR) is 112 cm³/mol. The summed E-state index contributed by atoms with van der Waals surface area (Å²) >= 11 is 0. The topological polar surface area (TPSA) is 138 Å². The number of nitrogens with two attached hydrogens (primary N) is 1. The van der Waals surface area contributed by atoms with Crippen molar-refractivity contribution in [2.24, 2.45) is 5.73 Å². The fourth-order valence-electron chi connectivity index (χ4n) is 3.46. The number of hydrogen-bond acceptors (Lipinski definition) is 4. The van der Waals surface area contributed by atoms with E-state index in [-0.39, 0.29) is 5.56 Å². The normalized spacial score (nSPS) is 11.2. The van der Waals surface area contributed by atoms with E-state index in [2.05, 4.69) is 19.9 Å². The zero-order valence-electron chi connectivity index (χ0n) is 15.5. The van der Waals surface area contributed by atoms with Crippen LogP contribution in [0.5, 0.6) is 0 Å². The van der Waals surface area contributed by atoms with Crippen LogP contribution in [0.1, 0.15) is 20.7 Å². The molecule has 0 aliphatic carbocycles. The lowest BCUT2D eigenvalue weighted by Gasteiger charge is -2.04. The van der Waals surface area contributed by atoms with Crippen molar-refractivity contribution in [2.45, 2.75) is 0 Å². The van der Waals surface area contributed by atoms with E-state index in [1.54, 1.807) is 30.3 Å². The molecule has 0 aliphatic heterocycles. The van der Waals surface area contributed by atoms with Gasteiger partial charge in [0.15, 0.2) is 0 Å². The molecule has 0 aliphatic rings. The maximum absolute atomic E-state index is 11.5. The monoisotopic (exact) mass is 397 g/mol. The SMILES string of the molecule is NC(=O)c1ccc2nc(-c3ccccc3-c3nc4ccc(C(=O)O)cc4[nH]3)[nH]c2c1. The van der Waals surface area contributed by atoms with Crippen LogP contribution in [0.2, 0.25) is 0 Å². The molecule has 2 heterocycles. The second-order valence-corrected chi connectivity index (χ2v) is 6.85. The summed E-state index contributed by atoms with van der Waals surface area (Å²) in [7, 11) is 0. The Bertz CT molecular complexity index is 1350. The Kier molecular flexibility index (Phi) is 3.85. The summed E-state index contributed by atoms with van der Waals surface area (Å²) in [6.07, 6.45) is 0. The van der Waals surface area contributed by atoms with E-state index in [1.165, 1.54) is 6.07 Å². The van der Waals surface area contributed by atoms with Gasteiger partial charge < -0.3 is 20.8 Å². The molecule has 1 amide bonds. The number of nitrogens with zero attached hydrogens (tertiary/aromatic N) is 2. The first kappa shape index (κ1) is 17.6. The molecular formula is C22H15N5O3. The fourth-order valence-corrected chi connectivity index (χ4v) is 3.46. The van der Waals surface area contributed by atoms with Gasteiger partial charge in [-0.15, -0.1) is 0 Å². The predicted octanol–water partition coefficient (Wildman–Crippen LogP) is 3.57. The van der Waals surface area contributed by atoms with Gasteiger partial charge in [0.25, 0.3) is 0 Å². The van der Waals surface area contributed by atoms with Crippen LogP contribution in [-0.2, 0) is 0 Å². The second kappa shape index (κ2) is 6.56. The number of benzene rings is 3. The number of amides is 1. The van der Waals surface area contributed by atoms with E-state index in [1.807, 2.05) is 24.3 Å². The molecular weight excluding hydrogens is 382 g/mol. The minimum absolute atomic E-state index is 0.188. The number of fused-ring (bicyclic) bond motifs is 2. The standard InChI is InChI=1S/C22H15N5O3/c23-19(28)11-5-7-15-17(9-11)26-20(24-15)13-3-1-2-4-14(13)21-25-16-8-6-12(22(29)30)10-18(16)27-21/h1-10H,(H2,23,28)(H,24,26)(H,25,27)(H,29,30). The number of carboxylic acid groups (broad SMARTS) is 1. The summed E-state index contributed by atoms with van der Waals surface area (Å²) in [5.41, 5.74) is 10.3. The van der Waals surface area contributed by atoms with E-state index in [0.29, 0.717) is 39.3 Å². The zero-order chi connectivity index (χ0) is 20.8. The number of carbonyl (C=O) groups excluding carboxylic acids is 1. The highest BCUT2D eigenvalue weighted by atomic mass is 16.4. The Hall–Kier alpha value is -4.46. The van der Waals surface area contributed by atoms with Crippen LogP contribution in [0.4, 0.5) is 0 Å². The van der Waals surface area contributed by atoms with Gasteiger partial charge in [-0.1, -0.05) is 24.3 Å². The molecule has 5 N–H and O–H groups in total. The van der Waals surface area contributed by atoms with Gasteiger partial charge in [0.2, 0.25) is 5.91 Å². The van der Waals surface area contributed by atoms with E-state index in [9.17, 15) is 14.7 Å². The number of primary amides is 1. The second-order valence-electron chi connectivity index (χ2n) is 6.85. The molecule has 0 spiro atoms. The van der Waals surface area contributed by atoms with Crippen molar-refractivity contribution in [1.82, 2.24) is 19.9 Å². The lowest BCUT2D eigenvalue weighted by Crippen LogP contribution is -2.10. The van der Waals surface area contributed by atoms with Crippen molar-refractivity contribution in [3.05, 3.63) is 71.8 Å². The summed E-state index contributed by atoms with van der Waals surface area (Å²) in [5.74, 6) is -0.280. The van der Waals surface area contributed by atoms with Crippen LogP contribution in [0, 0.1) is 0 Å². The van der Waals surface area contributed by atoms with Crippen molar-refractivity contribution in [2.75, 3.05) is 0 Å². The molecule has 3 aromatic carbocycles. The molecule has 8 nitrogen and oxygen atoms in total. The highest BCUT2D eigenvalue weighted by Gasteiger charge is 2.15. The molecule has 0 fully saturated rings. The van der Waals surface area contributed by atoms with Gasteiger partial charge in [-0.05, 0) is 36.4 Å². The molecule has 0 unspecified atom stereocenters. The van der Waals surface area contributed by atoms with Gasteiger partial charge in [-0.3, -0.25) is 4.79 Å². The molecule has 0 radical (unpaired) electrons. The van der Waals surface area contributed by atoms with Crippen molar-refractivity contribution in [1.29, 1.82) is 0 Å². The first-order chi connectivity index (χ1) is 14.5. The molecule has 0 bridgehead atoms. The average Bonchev–Trinajstić information content (AvgIpc) is 3.36. The minimum Gasteiger partial charge on any atom is -0.478 e. The molecule has 5 aromatic rings. The van der Waals surface area contributed by atoms with Gasteiger partial charge in [0.1, 0.15) is 11.6 Å². The van der Waals surface area contributed by atoms with Crippen LogP contribution < -0.4 is 5.73 Å². The molecule has 5 rings (SSSR count). The number of nitrogens with one attached hydrogen (secondary N) is 2. The van der Waals surface area contributed by atoms with Crippen LogP contribution >= 0.6 is 0 Å². The van der Waals surface area contributed by atoms with Crippen molar-refractivity contribution < 1.29 is 14.7 Å². The number of imidazole rings is 2. The van der Waals surface area contributed by atoms with Crippen molar-refractivity contribution in [3.8, 4) is 22.8 Å². The van der Waals surface area contributed by atoms with Crippen molar-refractivity contribution in [3.63, 3.8) is 0 Å². The van der Waals surface area contributed by atoms with Crippen LogP contribution in [0.15, 0.2) is 60.7 Å². The molecule has 0 saturated heterocycles. The number of rotatable bonds is 4. The highest BCUT2D eigenvalue weighted by Crippen LogP contribution is 2.31. The first-order valence-corrected chi connectivity index (χ1v) is 9.12. The Labute approximate surface area is 169 Å². The minimum atomic E-state index is -0.994. The zero-order valence-corrected chi connectivity index (χ0v) is 15.5. The first-order valence-electron chi connectivity index (χ1n) is 9.12. The Morgan fingerprint density at radius 3 is 1.77 bits per heavy atom. The number of H-pyrrole nitrogens is 2. The maximum atomic E-state index is 11.5. The Balaban J connectivity index is 1.64. The molecule has 146 valence electrons. The Morgan fingerprint density at radius 1 is 0.767 bits per heavy atom. The third-order valence-electron chi connectivity index (χ3n) is 4.93. The van der Waals surface area contributed by atoms with Gasteiger partial charge >= 0.3 is 5.97 Å². The number of aromatic nitrogens is 4. The molecule has 30 heavy (non-hydrogen) atoms. The summed E-state index contributed by atoms with van der Waals surface area (Å²) in [6, 6.07) is 17.4. The van der Waals surface area contributed by atoms with Crippen LogP contribution in [0.3, 0.4) is 0 Å². The number of aromatic carboxylic acids is 1. The third-order valence-corrected chi connectivity index (χ3v) is 4.93. The molecule has 2 aromatic heterocycles. The number of aromatic amines is 2. The van der Waals surface area contributed by atoms with Crippen LogP contribution in [-0.4, -0.2) is 36.9 Å². The highest BCUT2D eigenvalue weighted by molar-refractivity contribution is 5.97. The largest absolute Gasteiger partial charge is 0.478 e. The van der Waals surface area contributed by atoms with E-state index >= 15 is 0 Å². The van der Waals surface area contributed by atoms with Gasteiger partial charge in [0, 0.05) is 16.7 Å². The van der Waals surface area contributed by atoms with Crippen molar-refractivity contribution >= 4 is 33.9 Å². The summed E-state index contributed by atoms with van der Waals surface area (Å²) < 4.78 is 0. The average molecular weight is 397 g/mol. The lowest BCUT2D eigenvalue weighted by molar-refractivity contribution is 0.0696. The summed E-state index contributed by atoms with van der Waals surface area (Å²) in [6.45, 7) is 0. The number of carbonyl (C=O) groups is 2. The Morgan fingerprint density at radius 2 is 1.27 bits per heavy atom. The third kappa shape index (κ3) is 2.87. The fraction of sp³-hybridized carbons (Fsp3) is 0. The van der Waals surface area contributed by atoms with Crippen LogP contribution in [0.25, 0.3) is 44.8 Å².